The van der Waals surface area contributed by atoms with Crippen molar-refractivity contribution in [2.75, 3.05) is 13.2 Å². The highest BCUT2D eigenvalue weighted by atomic mass is 16.5. The van der Waals surface area contributed by atoms with Gasteiger partial charge in [-0.3, -0.25) is 0 Å². The van der Waals surface area contributed by atoms with Crippen molar-refractivity contribution in [1.29, 1.82) is 0 Å². The summed E-state index contributed by atoms with van der Waals surface area (Å²) in [7, 11) is 0. The number of rotatable bonds is 1. The van der Waals surface area contributed by atoms with Crippen LogP contribution in [-0.4, -0.2) is 24.4 Å². The summed E-state index contributed by atoms with van der Waals surface area (Å²) in [4.78, 5) is 0. The maximum atomic E-state index is 9.95. The topological polar surface area (TPSA) is 29.5 Å². The van der Waals surface area contributed by atoms with Crippen LogP contribution < -0.4 is 0 Å². The quantitative estimate of drug-likeness (QED) is 0.631. The molecule has 0 amide bonds. The van der Waals surface area contributed by atoms with Crippen molar-refractivity contribution in [3.8, 4) is 0 Å². The first-order chi connectivity index (χ1) is 6.38. The second-order valence-corrected chi connectivity index (χ2v) is 4.49. The Labute approximate surface area is 80.3 Å². The number of hydrogen-bond donors (Lipinski definition) is 1. The predicted octanol–water partition coefficient (Wildman–Crippen LogP) is 1.96. The smallest absolute Gasteiger partial charge is 0.0571 e. The number of hydrogen-bond acceptors (Lipinski definition) is 2. The zero-order valence-corrected chi connectivity index (χ0v) is 8.24. The Morgan fingerprint density at radius 2 is 1.85 bits per heavy atom. The molecule has 76 valence electrons. The van der Waals surface area contributed by atoms with E-state index in [0.29, 0.717) is 11.8 Å². The van der Waals surface area contributed by atoms with Crippen LogP contribution in [0.4, 0.5) is 0 Å². The van der Waals surface area contributed by atoms with E-state index in [1.54, 1.807) is 0 Å². The molecule has 3 unspecified atom stereocenters. The van der Waals surface area contributed by atoms with Crippen molar-refractivity contribution in [3.63, 3.8) is 0 Å². The molecular formula is C11H20O2. The van der Waals surface area contributed by atoms with E-state index in [1.165, 1.54) is 32.1 Å². The Kier molecular flexibility index (Phi) is 3.23. The Bertz CT molecular complexity index is 152. The SMILES string of the molecule is OC1CCCCCC1C1CCOC1. The van der Waals surface area contributed by atoms with Crippen LogP contribution in [0.25, 0.3) is 0 Å². The molecule has 0 aromatic rings. The zero-order chi connectivity index (χ0) is 9.10. The maximum absolute atomic E-state index is 9.95. The second kappa shape index (κ2) is 4.43. The predicted molar refractivity (Wildman–Crippen MR) is 51.5 cm³/mol. The molecule has 2 fully saturated rings. The average molecular weight is 184 g/mol. The second-order valence-electron chi connectivity index (χ2n) is 4.49. The molecule has 2 nitrogen and oxygen atoms in total. The van der Waals surface area contributed by atoms with Gasteiger partial charge < -0.3 is 9.84 Å². The summed E-state index contributed by atoms with van der Waals surface area (Å²) >= 11 is 0. The third-order valence-corrected chi connectivity index (χ3v) is 3.60. The fourth-order valence-electron chi connectivity index (χ4n) is 2.76. The van der Waals surface area contributed by atoms with Gasteiger partial charge in [0.05, 0.1) is 6.10 Å². The van der Waals surface area contributed by atoms with Crippen LogP contribution in [0, 0.1) is 11.8 Å². The standard InChI is InChI=1S/C11H20O2/c12-11-5-3-1-2-4-10(11)9-6-7-13-8-9/h9-12H,1-8H2. The number of ether oxygens (including phenoxy) is 1. The van der Waals surface area contributed by atoms with Gasteiger partial charge in [-0.1, -0.05) is 19.3 Å². The average Bonchev–Trinajstić information content (AvgIpc) is 2.56. The van der Waals surface area contributed by atoms with Crippen LogP contribution in [0.5, 0.6) is 0 Å². The maximum Gasteiger partial charge on any atom is 0.0571 e. The van der Waals surface area contributed by atoms with Gasteiger partial charge in [0.1, 0.15) is 0 Å². The van der Waals surface area contributed by atoms with Gasteiger partial charge in [0.2, 0.25) is 0 Å². The number of aliphatic hydroxyl groups excluding tert-OH is 1. The Hall–Kier alpha value is -0.0800. The van der Waals surface area contributed by atoms with E-state index in [0.717, 1.165) is 19.6 Å². The van der Waals surface area contributed by atoms with Gasteiger partial charge in [0, 0.05) is 13.2 Å². The fourth-order valence-corrected chi connectivity index (χ4v) is 2.76. The minimum atomic E-state index is -0.0470. The first-order valence-corrected chi connectivity index (χ1v) is 5.64. The molecule has 0 bridgehead atoms. The highest BCUT2D eigenvalue weighted by Gasteiger charge is 2.31. The van der Waals surface area contributed by atoms with Gasteiger partial charge >= 0.3 is 0 Å². The summed E-state index contributed by atoms with van der Waals surface area (Å²) in [6.07, 6.45) is 7.18. The lowest BCUT2D eigenvalue weighted by molar-refractivity contribution is 0.0593. The fraction of sp³-hybridized carbons (Fsp3) is 1.00. The van der Waals surface area contributed by atoms with E-state index in [4.69, 9.17) is 4.74 Å². The van der Waals surface area contributed by atoms with E-state index in [2.05, 4.69) is 0 Å². The third-order valence-electron chi connectivity index (χ3n) is 3.60. The molecule has 0 spiro atoms. The van der Waals surface area contributed by atoms with Gasteiger partial charge in [-0.25, -0.2) is 0 Å². The molecule has 0 radical (unpaired) electrons. The zero-order valence-electron chi connectivity index (χ0n) is 8.24. The molecule has 1 saturated carbocycles. The van der Waals surface area contributed by atoms with Crippen molar-refractivity contribution in [1.82, 2.24) is 0 Å². The van der Waals surface area contributed by atoms with Gasteiger partial charge in [-0.2, -0.15) is 0 Å². The largest absolute Gasteiger partial charge is 0.393 e. The van der Waals surface area contributed by atoms with E-state index in [1.807, 2.05) is 0 Å². The normalized spacial score (nSPS) is 41.8. The first-order valence-electron chi connectivity index (χ1n) is 5.64. The van der Waals surface area contributed by atoms with Gasteiger partial charge in [0.15, 0.2) is 0 Å². The van der Waals surface area contributed by atoms with Crippen molar-refractivity contribution >= 4 is 0 Å². The minimum absolute atomic E-state index is 0.0470. The van der Waals surface area contributed by atoms with Crippen LogP contribution in [0.3, 0.4) is 0 Å². The molecule has 13 heavy (non-hydrogen) atoms. The third kappa shape index (κ3) is 2.23. The summed E-state index contributed by atoms with van der Waals surface area (Å²) in [6, 6.07) is 0. The monoisotopic (exact) mass is 184 g/mol. The summed E-state index contributed by atoms with van der Waals surface area (Å²) in [5.74, 6) is 1.18. The lowest BCUT2D eigenvalue weighted by Crippen LogP contribution is -2.27. The summed E-state index contributed by atoms with van der Waals surface area (Å²) < 4.78 is 5.39. The van der Waals surface area contributed by atoms with E-state index >= 15 is 0 Å². The van der Waals surface area contributed by atoms with Crippen LogP contribution >= 0.6 is 0 Å². The minimum Gasteiger partial charge on any atom is -0.393 e. The first kappa shape index (κ1) is 9.47. The van der Waals surface area contributed by atoms with Crippen LogP contribution in [-0.2, 0) is 4.74 Å². The van der Waals surface area contributed by atoms with Crippen molar-refractivity contribution < 1.29 is 9.84 Å². The highest BCUT2D eigenvalue weighted by molar-refractivity contribution is 4.81. The van der Waals surface area contributed by atoms with Crippen molar-refractivity contribution in [2.24, 2.45) is 11.8 Å². The highest BCUT2D eigenvalue weighted by Crippen LogP contribution is 2.33. The Balaban J connectivity index is 1.93. The molecule has 1 heterocycles. The van der Waals surface area contributed by atoms with Gasteiger partial charge in [-0.05, 0) is 31.1 Å². The molecule has 1 aliphatic heterocycles. The molecule has 0 aromatic carbocycles. The molecular weight excluding hydrogens is 164 g/mol. The molecule has 1 aliphatic carbocycles. The summed E-state index contributed by atoms with van der Waals surface area (Å²) in [5.41, 5.74) is 0. The number of aliphatic hydroxyl groups is 1. The molecule has 2 heteroatoms. The molecule has 2 rings (SSSR count). The van der Waals surface area contributed by atoms with Gasteiger partial charge in [-0.15, -0.1) is 0 Å². The van der Waals surface area contributed by atoms with Crippen LogP contribution in [0.2, 0.25) is 0 Å². The molecule has 2 aliphatic rings. The van der Waals surface area contributed by atoms with E-state index < -0.39 is 0 Å². The van der Waals surface area contributed by atoms with Gasteiger partial charge in [0.25, 0.3) is 0 Å². The lowest BCUT2D eigenvalue weighted by Gasteiger charge is -2.25. The van der Waals surface area contributed by atoms with Crippen LogP contribution in [0.15, 0.2) is 0 Å². The van der Waals surface area contributed by atoms with E-state index in [-0.39, 0.29) is 6.10 Å². The lowest BCUT2D eigenvalue weighted by atomic mass is 9.84. The molecule has 1 N–H and O–H groups in total. The summed E-state index contributed by atoms with van der Waals surface area (Å²) in [5, 5.41) is 9.95. The van der Waals surface area contributed by atoms with Crippen LogP contribution in [0.1, 0.15) is 38.5 Å². The van der Waals surface area contributed by atoms with Crippen molar-refractivity contribution in [3.05, 3.63) is 0 Å². The molecule has 0 aromatic heterocycles. The Morgan fingerprint density at radius 1 is 1.00 bits per heavy atom. The Morgan fingerprint density at radius 3 is 2.62 bits per heavy atom. The van der Waals surface area contributed by atoms with Crippen molar-refractivity contribution in [2.45, 2.75) is 44.6 Å². The summed E-state index contributed by atoms with van der Waals surface area (Å²) in [6.45, 7) is 1.80. The van der Waals surface area contributed by atoms with E-state index in [9.17, 15) is 5.11 Å². The molecule has 3 atom stereocenters. The molecule has 1 saturated heterocycles.